The third kappa shape index (κ3) is 9.16. The lowest BCUT2D eigenvalue weighted by Gasteiger charge is -2.25. The highest BCUT2D eigenvalue weighted by Gasteiger charge is 2.23. The van der Waals surface area contributed by atoms with Gasteiger partial charge in [-0.3, -0.25) is 4.79 Å². The van der Waals surface area contributed by atoms with Gasteiger partial charge in [-0.2, -0.15) is 0 Å². The second-order valence-corrected chi connectivity index (χ2v) is 7.30. The number of hydrogen-bond acceptors (Lipinski definition) is 2. The minimum atomic E-state index is -0.0602. The molecule has 0 fully saturated rings. The Labute approximate surface area is 107 Å². The Bertz CT molecular complexity index is 236. The molecule has 0 aliphatic rings. The highest BCUT2D eigenvalue weighted by atomic mass is 16.1. The highest BCUT2D eigenvalue weighted by molar-refractivity contribution is 5.78. The summed E-state index contributed by atoms with van der Waals surface area (Å²) >= 11 is 0. The molecule has 0 aliphatic carbocycles. The fourth-order valence-electron chi connectivity index (χ4n) is 1.73. The molecule has 1 amide bonds. The number of hydrogen-bond donors (Lipinski definition) is 2. The average molecular weight is 242 g/mol. The van der Waals surface area contributed by atoms with E-state index in [-0.39, 0.29) is 22.7 Å². The zero-order chi connectivity index (χ0) is 13.7. The van der Waals surface area contributed by atoms with E-state index in [1.807, 2.05) is 0 Å². The molecule has 3 nitrogen and oxygen atoms in total. The first kappa shape index (κ1) is 16.4. The molecule has 1 unspecified atom stereocenters. The fraction of sp³-hybridized carbons (Fsp3) is 0.929. The third-order valence-electron chi connectivity index (χ3n) is 2.69. The molecule has 0 spiro atoms. The van der Waals surface area contributed by atoms with Crippen LogP contribution in [0, 0.1) is 16.7 Å². The molecule has 102 valence electrons. The molecule has 0 heterocycles. The molecule has 0 aromatic heterocycles. The zero-order valence-electron chi connectivity index (χ0n) is 12.4. The van der Waals surface area contributed by atoms with E-state index < -0.39 is 0 Å². The quantitative estimate of drug-likeness (QED) is 0.778. The summed E-state index contributed by atoms with van der Waals surface area (Å²) in [6.45, 7) is 14.1. The lowest BCUT2D eigenvalue weighted by Crippen LogP contribution is -2.38. The number of amides is 1. The Morgan fingerprint density at radius 2 is 1.65 bits per heavy atom. The number of carbonyl (C=O) groups is 1. The molecule has 1 atom stereocenters. The Hall–Kier alpha value is -0.570. The van der Waals surface area contributed by atoms with Crippen LogP contribution in [0.3, 0.4) is 0 Å². The van der Waals surface area contributed by atoms with Crippen molar-refractivity contribution in [2.45, 2.75) is 54.4 Å². The molecule has 0 aromatic rings. The molecule has 0 aromatic carbocycles. The average Bonchev–Trinajstić information content (AvgIpc) is 2.10. The highest BCUT2D eigenvalue weighted by Crippen LogP contribution is 2.24. The van der Waals surface area contributed by atoms with Gasteiger partial charge in [-0.15, -0.1) is 0 Å². The summed E-state index contributed by atoms with van der Waals surface area (Å²) < 4.78 is 0. The number of nitrogens with two attached hydrogens (primary N) is 1. The summed E-state index contributed by atoms with van der Waals surface area (Å²) in [5.74, 6) is 0.0432. The van der Waals surface area contributed by atoms with Crippen molar-refractivity contribution in [3.63, 3.8) is 0 Å². The molecule has 0 saturated carbocycles. The van der Waals surface area contributed by atoms with Crippen molar-refractivity contribution >= 4 is 5.91 Å². The van der Waals surface area contributed by atoms with Crippen molar-refractivity contribution in [2.75, 3.05) is 13.1 Å². The van der Waals surface area contributed by atoms with Gasteiger partial charge in [0.25, 0.3) is 0 Å². The first-order chi connectivity index (χ1) is 7.55. The van der Waals surface area contributed by atoms with Crippen molar-refractivity contribution in [2.24, 2.45) is 22.5 Å². The van der Waals surface area contributed by atoms with Crippen LogP contribution in [0.15, 0.2) is 0 Å². The van der Waals surface area contributed by atoms with Gasteiger partial charge < -0.3 is 11.1 Å². The fourth-order valence-corrected chi connectivity index (χ4v) is 1.73. The number of rotatable bonds is 5. The summed E-state index contributed by atoms with van der Waals surface area (Å²) in [6, 6.07) is 0. The zero-order valence-corrected chi connectivity index (χ0v) is 12.4. The third-order valence-corrected chi connectivity index (χ3v) is 2.69. The van der Waals surface area contributed by atoms with Gasteiger partial charge in [-0.25, -0.2) is 0 Å². The summed E-state index contributed by atoms with van der Waals surface area (Å²) in [7, 11) is 0. The van der Waals surface area contributed by atoms with E-state index in [9.17, 15) is 4.79 Å². The van der Waals surface area contributed by atoms with Gasteiger partial charge >= 0.3 is 0 Å². The Morgan fingerprint density at radius 3 is 2.00 bits per heavy atom. The first-order valence-electron chi connectivity index (χ1n) is 6.53. The van der Waals surface area contributed by atoms with Crippen molar-refractivity contribution in [3.8, 4) is 0 Å². The van der Waals surface area contributed by atoms with Crippen LogP contribution in [0.4, 0.5) is 0 Å². The van der Waals surface area contributed by atoms with Crippen LogP contribution in [0.25, 0.3) is 0 Å². The van der Waals surface area contributed by atoms with Crippen LogP contribution < -0.4 is 11.1 Å². The second kappa shape index (κ2) is 6.39. The van der Waals surface area contributed by atoms with Gasteiger partial charge in [-0.1, -0.05) is 41.5 Å². The predicted molar refractivity (Wildman–Crippen MR) is 73.7 cm³/mol. The van der Waals surface area contributed by atoms with Crippen molar-refractivity contribution in [1.82, 2.24) is 5.32 Å². The van der Waals surface area contributed by atoms with Crippen LogP contribution in [0.2, 0.25) is 0 Å². The molecular formula is C14H30N2O. The van der Waals surface area contributed by atoms with E-state index in [4.69, 9.17) is 5.73 Å². The van der Waals surface area contributed by atoms with E-state index >= 15 is 0 Å². The van der Waals surface area contributed by atoms with E-state index in [2.05, 4.69) is 46.9 Å². The summed E-state index contributed by atoms with van der Waals surface area (Å²) in [5.41, 5.74) is 6.08. The minimum Gasteiger partial charge on any atom is -0.356 e. The van der Waals surface area contributed by atoms with Crippen LogP contribution in [0.5, 0.6) is 0 Å². The van der Waals surface area contributed by atoms with Crippen molar-refractivity contribution in [1.29, 1.82) is 0 Å². The number of carbonyl (C=O) groups excluding carboxylic acids is 1. The predicted octanol–water partition coefficient (Wildman–Crippen LogP) is 2.55. The normalized spacial score (nSPS) is 14.5. The molecule has 0 bridgehead atoms. The number of nitrogens with one attached hydrogen (secondary N) is 1. The SMILES string of the molecule is CC(C)(C)CCNC(=O)C(CN)CC(C)(C)C. The first-order valence-corrected chi connectivity index (χ1v) is 6.53. The molecule has 17 heavy (non-hydrogen) atoms. The van der Waals surface area contributed by atoms with Crippen LogP contribution in [-0.2, 0) is 4.79 Å². The maximum Gasteiger partial charge on any atom is 0.224 e. The summed E-state index contributed by atoms with van der Waals surface area (Å²) in [5, 5.41) is 2.99. The van der Waals surface area contributed by atoms with Gasteiger partial charge in [0.05, 0.1) is 5.92 Å². The second-order valence-electron chi connectivity index (χ2n) is 7.30. The van der Waals surface area contributed by atoms with Crippen LogP contribution in [0.1, 0.15) is 54.4 Å². The molecule has 0 rings (SSSR count). The minimum absolute atomic E-state index is 0.0602. The molecule has 3 heteroatoms. The molecular weight excluding hydrogens is 212 g/mol. The van der Waals surface area contributed by atoms with Crippen LogP contribution in [-0.4, -0.2) is 19.0 Å². The van der Waals surface area contributed by atoms with Gasteiger partial charge in [0.2, 0.25) is 5.91 Å². The molecule has 0 radical (unpaired) electrons. The monoisotopic (exact) mass is 242 g/mol. The smallest absolute Gasteiger partial charge is 0.224 e. The molecule has 0 saturated heterocycles. The van der Waals surface area contributed by atoms with Gasteiger partial charge in [0.1, 0.15) is 0 Å². The summed E-state index contributed by atoms with van der Waals surface area (Å²) in [4.78, 5) is 11.9. The Balaban J connectivity index is 4.10. The molecule has 0 aliphatic heterocycles. The van der Waals surface area contributed by atoms with E-state index in [0.29, 0.717) is 6.54 Å². The molecule has 3 N–H and O–H groups in total. The largest absolute Gasteiger partial charge is 0.356 e. The van der Waals surface area contributed by atoms with Crippen molar-refractivity contribution < 1.29 is 4.79 Å². The van der Waals surface area contributed by atoms with Gasteiger partial charge in [0, 0.05) is 13.1 Å². The Kier molecular flexibility index (Phi) is 6.17. The maximum atomic E-state index is 11.9. The van der Waals surface area contributed by atoms with Gasteiger partial charge in [0.15, 0.2) is 0 Å². The topological polar surface area (TPSA) is 55.1 Å². The Morgan fingerprint density at radius 1 is 1.12 bits per heavy atom. The van der Waals surface area contributed by atoms with Gasteiger partial charge in [-0.05, 0) is 23.7 Å². The van der Waals surface area contributed by atoms with Crippen molar-refractivity contribution in [3.05, 3.63) is 0 Å². The maximum absolute atomic E-state index is 11.9. The lowest BCUT2D eigenvalue weighted by atomic mass is 9.84. The van der Waals surface area contributed by atoms with E-state index in [1.165, 1.54) is 0 Å². The standard InChI is InChI=1S/C14H30N2O/c1-13(2,3)7-8-16-12(17)11(10-15)9-14(4,5)6/h11H,7-10,15H2,1-6H3,(H,16,17). The lowest BCUT2D eigenvalue weighted by molar-refractivity contribution is -0.125. The van der Waals surface area contributed by atoms with E-state index in [1.54, 1.807) is 0 Å². The van der Waals surface area contributed by atoms with Crippen LogP contribution >= 0.6 is 0 Å². The van der Waals surface area contributed by atoms with E-state index in [0.717, 1.165) is 19.4 Å². The summed E-state index contributed by atoms with van der Waals surface area (Å²) in [6.07, 6.45) is 1.83.